The average molecular weight is 574 g/mol. The van der Waals surface area contributed by atoms with Crippen molar-refractivity contribution in [1.29, 1.82) is 0 Å². The Kier molecular flexibility index (Phi) is 6.84. The van der Waals surface area contributed by atoms with Crippen LogP contribution in [0.2, 0.25) is 0 Å². The van der Waals surface area contributed by atoms with E-state index < -0.39 is 17.0 Å². The van der Waals surface area contributed by atoms with Gasteiger partial charge in [-0.05, 0) is 67.5 Å². The highest BCUT2D eigenvalue weighted by atomic mass is 19.1. The van der Waals surface area contributed by atoms with Crippen LogP contribution < -0.4 is 10.6 Å². The number of allylic oxidation sites excluding steroid dienone is 1. The van der Waals surface area contributed by atoms with Crippen LogP contribution in [0.15, 0.2) is 60.9 Å². The smallest absolute Gasteiger partial charge is 0.245 e. The van der Waals surface area contributed by atoms with E-state index in [1.807, 2.05) is 23.1 Å². The highest BCUT2D eigenvalue weighted by Crippen LogP contribution is 2.54. The molecule has 7 rings (SSSR count). The normalized spacial score (nSPS) is 23.5. The first kappa shape index (κ1) is 28.0. The fraction of sp³-hybridized carbons (Fsp3) is 0.375. The summed E-state index contributed by atoms with van der Waals surface area (Å²) in [5, 5.41) is 5.83. The number of aromatic nitrogens is 2. The number of pyridine rings is 2. The second-order valence-corrected chi connectivity index (χ2v) is 12.0. The molecule has 2 aromatic heterocycles. The van der Waals surface area contributed by atoms with E-state index in [1.54, 1.807) is 12.3 Å². The molecule has 3 aromatic rings. The molecule has 1 unspecified atom stereocenters. The highest BCUT2D eigenvalue weighted by molar-refractivity contribution is 6.06. The molecule has 0 radical (unpaired) electrons. The molecule has 2 spiro atoms. The zero-order valence-corrected chi connectivity index (χ0v) is 23.2. The molecule has 4 aliphatic rings. The number of benzene rings is 1. The second kappa shape index (κ2) is 10.3. The number of amides is 2. The Morgan fingerprint density at radius 3 is 2.62 bits per heavy atom. The summed E-state index contributed by atoms with van der Waals surface area (Å²) >= 11 is 0. The summed E-state index contributed by atoms with van der Waals surface area (Å²) in [7, 11) is 0. The number of nitrogens with one attached hydrogen (secondary N) is 2. The summed E-state index contributed by atoms with van der Waals surface area (Å²) in [6, 6.07) is 10.6. The van der Waals surface area contributed by atoms with Crippen molar-refractivity contribution in [1.82, 2.24) is 14.9 Å². The quantitative estimate of drug-likeness (QED) is 0.466. The van der Waals surface area contributed by atoms with E-state index in [2.05, 4.69) is 22.2 Å². The first-order valence-corrected chi connectivity index (χ1v) is 14.2. The molecule has 0 bridgehead atoms. The van der Waals surface area contributed by atoms with Gasteiger partial charge in [0.15, 0.2) is 0 Å². The summed E-state index contributed by atoms with van der Waals surface area (Å²) in [5.74, 6) is -0.637. The lowest BCUT2D eigenvalue weighted by molar-refractivity contribution is -0.120. The summed E-state index contributed by atoms with van der Waals surface area (Å²) < 4.78 is 28.4. The molecule has 1 saturated carbocycles. The van der Waals surface area contributed by atoms with Crippen LogP contribution in [0.5, 0.6) is 0 Å². The number of anilines is 2. The number of carbonyl (C=O) groups is 2. The minimum atomic E-state index is -0.740. The van der Waals surface area contributed by atoms with E-state index in [-0.39, 0.29) is 35.3 Å². The van der Waals surface area contributed by atoms with Crippen molar-refractivity contribution < 1.29 is 23.8 Å². The molecule has 1 saturated heterocycles. The van der Waals surface area contributed by atoms with Gasteiger partial charge in [-0.3, -0.25) is 9.59 Å². The van der Waals surface area contributed by atoms with Gasteiger partial charge < -0.3 is 21.0 Å². The number of nitrogens with zero attached hydrogens (tertiary/aromatic N) is 3. The third-order valence-electron chi connectivity index (χ3n) is 9.66. The number of rotatable bonds is 4. The van der Waals surface area contributed by atoms with E-state index in [9.17, 15) is 18.4 Å². The van der Waals surface area contributed by atoms with Crippen molar-refractivity contribution in [2.24, 2.45) is 5.41 Å². The number of carbonyl (C=O) groups excluding carboxylic acids is 2. The monoisotopic (exact) mass is 573 g/mol. The number of halogens is 2. The Morgan fingerprint density at radius 2 is 1.86 bits per heavy atom. The Hall–Kier alpha value is -4.18. The van der Waals surface area contributed by atoms with Crippen LogP contribution in [0.4, 0.5) is 20.4 Å². The number of likely N-dealkylation sites (tertiary alicyclic amines) is 1. The van der Waals surface area contributed by atoms with Gasteiger partial charge in [-0.1, -0.05) is 31.6 Å². The minimum absolute atomic E-state index is 0. The van der Waals surface area contributed by atoms with Crippen LogP contribution in [0, 0.1) is 17.0 Å². The van der Waals surface area contributed by atoms with Crippen molar-refractivity contribution in [3.63, 3.8) is 0 Å². The lowest BCUT2D eigenvalue weighted by Gasteiger charge is -2.48. The fourth-order valence-corrected chi connectivity index (χ4v) is 7.63. The van der Waals surface area contributed by atoms with Crippen molar-refractivity contribution in [2.45, 2.75) is 62.8 Å². The Bertz CT molecular complexity index is 1580. The Morgan fingerprint density at radius 1 is 1.10 bits per heavy atom. The molecular formula is C32H33F2N5O3. The molecule has 10 heteroatoms. The molecule has 4 N–H and O–H groups in total. The van der Waals surface area contributed by atoms with Crippen LogP contribution in [-0.4, -0.2) is 38.7 Å². The maximum atomic E-state index is 14.2. The molecule has 2 amide bonds. The molecule has 2 aliphatic carbocycles. The SMILES string of the molecule is C=C1N(CC(=O)Nc2ccc3c(n2)CC2(C3)C(=O)Nc3ncccc32)[C@H](c2cc(F)cc(F)c2)CCC12CCCC2.O. The standard InChI is InChI=1S/C32H31F2N5O2.H2O/c1-19-31(9-2-3-10-31)11-8-26(21-13-22(33)15-23(34)14-21)39(19)18-28(40)37-27-7-6-20-16-32(17-25(20)36-27)24-5-4-12-35-29(24)38-30(32)41;/h4-7,12-15,26H,1-3,8-11,16-18H2,(H,35,38,41)(H,36,37,40);1H2/t26-,32?;/m0./s1. The van der Waals surface area contributed by atoms with Crippen molar-refractivity contribution in [2.75, 3.05) is 17.2 Å². The molecule has 2 aliphatic heterocycles. The van der Waals surface area contributed by atoms with Gasteiger partial charge in [0.05, 0.1) is 18.0 Å². The molecular weight excluding hydrogens is 540 g/mol. The van der Waals surface area contributed by atoms with Gasteiger partial charge in [0.1, 0.15) is 23.3 Å². The first-order chi connectivity index (χ1) is 19.8. The lowest BCUT2D eigenvalue weighted by atomic mass is 9.72. The van der Waals surface area contributed by atoms with Gasteiger partial charge in [-0.15, -0.1) is 0 Å². The first-order valence-electron chi connectivity index (χ1n) is 14.2. The van der Waals surface area contributed by atoms with E-state index >= 15 is 0 Å². The molecule has 2 fully saturated rings. The van der Waals surface area contributed by atoms with E-state index in [4.69, 9.17) is 4.98 Å². The van der Waals surface area contributed by atoms with E-state index in [0.29, 0.717) is 36.5 Å². The van der Waals surface area contributed by atoms with Gasteiger partial charge in [-0.25, -0.2) is 18.7 Å². The van der Waals surface area contributed by atoms with Crippen LogP contribution in [0.25, 0.3) is 0 Å². The van der Waals surface area contributed by atoms with E-state index in [1.165, 1.54) is 12.1 Å². The number of hydrogen-bond donors (Lipinski definition) is 2. The maximum absolute atomic E-state index is 14.2. The maximum Gasteiger partial charge on any atom is 0.245 e. The number of piperidine rings is 1. The van der Waals surface area contributed by atoms with Gasteiger partial charge in [0.2, 0.25) is 11.8 Å². The largest absolute Gasteiger partial charge is 0.412 e. The van der Waals surface area contributed by atoms with Gasteiger partial charge in [0, 0.05) is 41.1 Å². The van der Waals surface area contributed by atoms with Crippen LogP contribution in [0.3, 0.4) is 0 Å². The Balaban J connectivity index is 0.00000316. The summed E-state index contributed by atoms with van der Waals surface area (Å²) in [5.41, 5.74) is 3.18. The van der Waals surface area contributed by atoms with Crippen LogP contribution >= 0.6 is 0 Å². The Labute approximate surface area is 242 Å². The molecule has 218 valence electrons. The lowest BCUT2D eigenvalue weighted by Crippen LogP contribution is -2.44. The summed E-state index contributed by atoms with van der Waals surface area (Å²) in [6.07, 6.45) is 8.41. The zero-order valence-electron chi connectivity index (χ0n) is 23.2. The summed E-state index contributed by atoms with van der Waals surface area (Å²) in [6.45, 7) is 4.42. The topological polar surface area (TPSA) is 119 Å². The molecule has 42 heavy (non-hydrogen) atoms. The predicted molar refractivity (Wildman–Crippen MR) is 154 cm³/mol. The molecule has 1 aromatic carbocycles. The zero-order chi connectivity index (χ0) is 28.4. The second-order valence-electron chi connectivity index (χ2n) is 12.0. The number of hydrogen-bond acceptors (Lipinski definition) is 5. The average Bonchev–Trinajstić information content (AvgIpc) is 3.63. The van der Waals surface area contributed by atoms with Gasteiger partial charge in [-0.2, -0.15) is 0 Å². The van der Waals surface area contributed by atoms with Gasteiger partial charge >= 0.3 is 0 Å². The number of fused-ring (bicyclic) bond motifs is 3. The van der Waals surface area contributed by atoms with E-state index in [0.717, 1.165) is 60.7 Å². The molecule has 4 heterocycles. The summed E-state index contributed by atoms with van der Waals surface area (Å²) in [4.78, 5) is 37.5. The third kappa shape index (κ3) is 4.45. The minimum Gasteiger partial charge on any atom is -0.412 e. The highest BCUT2D eigenvalue weighted by Gasteiger charge is 2.51. The molecule has 2 atom stereocenters. The molecule has 8 nitrogen and oxygen atoms in total. The fourth-order valence-electron chi connectivity index (χ4n) is 7.63. The van der Waals surface area contributed by atoms with Crippen molar-refractivity contribution in [3.8, 4) is 0 Å². The van der Waals surface area contributed by atoms with Crippen LogP contribution in [-0.2, 0) is 27.8 Å². The third-order valence-corrected chi connectivity index (χ3v) is 9.66. The van der Waals surface area contributed by atoms with Gasteiger partial charge in [0.25, 0.3) is 0 Å². The van der Waals surface area contributed by atoms with Crippen molar-refractivity contribution in [3.05, 3.63) is 95.0 Å². The predicted octanol–water partition coefficient (Wildman–Crippen LogP) is 4.77. The van der Waals surface area contributed by atoms with Crippen LogP contribution in [0.1, 0.15) is 67.0 Å². The van der Waals surface area contributed by atoms with Crippen molar-refractivity contribution >= 4 is 23.5 Å².